The van der Waals surface area contributed by atoms with Crippen LogP contribution in [0.1, 0.15) is 32.6 Å². The van der Waals surface area contributed by atoms with Crippen molar-refractivity contribution in [1.29, 1.82) is 0 Å². The Balaban J connectivity index is 1.17. The minimum absolute atomic E-state index is 0.0609. The van der Waals surface area contributed by atoms with E-state index in [1.807, 2.05) is 24.4 Å². The molecule has 3 fully saturated rings. The van der Waals surface area contributed by atoms with Crippen LogP contribution in [0.5, 0.6) is 0 Å². The molecule has 0 amide bonds. The Morgan fingerprint density at radius 2 is 2.03 bits per heavy atom. The monoisotopic (exact) mass is 541 g/mol. The number of nitrogens with zero attached hydrogens (tertiary/aromatic N) is 6. The van der Waals surface area contributed by atoms with Gasteiger partial charge in [0, 0.05) is 42.2 Å². The topological polar surface area (TPSA) is 114 Å². The summed E-state index contributed by atoms with van der Waals surface area (Å²) in [7, 11) is 0. The molecule has 9 nitrogen and oxygen atoms in total. The second-order valence-electron chi connectivity index (χ2n) is 10.3. The van der Waals surface area contributed by atoms with Gasteiger partial charge in [0.05, 0.1) is 36.6 Å². The third-order valence-corrected chi connectivity index (χ3v) is 9.69. The second-order valence-corrected chi connectivity index (χ2v) is 11.8. The van der Waals surface area contributed by atoms with Gasteiger partial charge in [-0.25, -0.2) is 19.9 Å². The lowest BCUT2D eigenvalue weighted by atomic mass is 9.73. The van der Waals surface area contributed by atoms with Crippen LogP contribution in [0.2, 0.25) is 5.02 Å². The molecule has 1 unspecified atom stereocenters. The maximum atomic E-state index is 9.71. The predicted molar refractivity (Wildman–Crippen MR) is 145 cm³/mol. The molecule has 1 spiro atoms. The average molecular weight is 542 g/mol. The molecule has 11 heteroatoms. The summed E-state index contributed by atoms with van der Waals surface area (Å²) in [6.45, 7) is 5.55. The first-order valence-corrected chi connectivity index (χ1v) is 14.1. The molecule has 0 aliphatic carbocycles. The van der Waals surface area contributed by atoms with E-state index >= 15 is 0 Å². The number of anilines is 2. The third-order valence-electron chi connectivity index (χ3n) is 8.21. The molecule has 0 radical (unpaired) electrons. The molecule has 3 aromatic rings. The Hall–Kier alpha value is -2.24. The van der Waals surface area contributed by atoms with E-state index in [0.29, 0.717) is 10.7 Å². The van der Waals surface area contributed by atoms with Gasteiger partial charge in [-0.2, -0.15) is 0 Å². The molecular formula is C26H32ClN7O2S. The van der Waals surface area contributed by atoms with Crippen LogP contribution in [-0.4, -0.2) is 76.1 Å². The molecule has 3 aromatic heterocycles. The van der Waals surface area contributed by atoms with E-state index in [1.54, 1.807) is 6.20 Å². The molecule has 3 aliphatic rings. The van der Waals surface area contributed by atoms with E-state index < -0.39 is 0 Å². The van der Waals surface area contributed by atoms with Crippen molar-refractivity contribution in [3.8, 4) is 0 Å². The van der Waals surface area contributed by atoms with Gasteiger partial charge in [-0.3, -0.25) is 0 Å². The van der Waals surface area contributed by atoms with E-state index in [1.165, 1.54) is 11.8 Å². The van der Waals surface area contributed by atoms with Crippen molar-refractivity contribution in [2.45, 2.75) is 60.7 Å². The molecule has 3 N–H and O–H groups in total. The van der Waals surface area contributed by atoms with Crippen molar-refractivity contribution in [1.82, 2.24) is 19.9 Å². The molecule has 3 atom stereocenters. The Bertz CT molecular complexity index is 1290. The zero-order valence-corrected chi connectivity index (χ0v) is 22.5. The van der Waals surface area contributed by atoms with Gasteiger partial charge in [0.15, 0.2) is 5.65 Å². The fourth-order valence-electron chi connectivity index (χ4n) is 5.85. The number of piperidine rings is 1. The summed E-state index contributed by atoms with van der Waals surface area (Å²) < 4.78 is 5.85. The number of pyridine rings is 2. The fourth-order valence-corrected chi connectivity index (χ4v) is 6.99. The first-order chi connectivity index (χ1) is 18.0. The van der Waals surface area contributed by atoms with Crippen molar-refractivity contribution in [3.63, 3.8) is 0 Å². The maximum Gasteiger partial charge on any atom is 0.179 e. The van der Waals surface area contributed by atoms with Gasteiger partial charge in [0.1, 0.15) is 22.2 Å². The Labute approximate surface area is 225 Å². The largest absolute Gasteiger partial charge is 0.394 e. The summed E-state index contributed by atoms with van der Waals surface area (Å²) in [4.78, 5) is 24.0. The molecule has 3 saturated heterocycles. The highest BCUT2D eigenvalue weighted by molar-refractivity contribution is 7.99. The first kappa shape index (κ1) is 25.1. The lowest BCUT2D eigenvalue weighted by Crippen LogP contribution is -2.50. The number of hydrogen-bond donors (Lipinski definition) is 2. The number of aromatic nitrogens is 4. The Morgan fingerprint density at radius 3 is 2.78 bits per heavy atom. The van der Waals surface area contributed by atoms with Gasteiger partial charge in [0.2, 0.25) is 0 Å². The summed E-state index contributed by atoms with van der Waals surface area (Å²) in [6, 6.07) is 5.97. The van der Waals surface area contributed by atoms with E-state index in [0.717, 1.165) is 79.0 Å². The van der Waals surface area contributed by atoms with Crippen molar-refractivity contribution < 1.29 is 9.84 Å². The van der Waals surface area contributed by atoms with Gasteiger partial charge in [-0.15, -0.1) is 0 Å². The average Bonchev–Trinajstić information content (AvgIpc) is 3.51. The van der Waals surface area contributed by atoms with Crippen LogP contribution in [0.15, 0.2) is 40.5 Å². The smallest absolute Gasteiger partial charge is 0.179 e. The molecule has 6 heterocycles. The summed E-state index contributed by atoms with van der Waals surface area (Å²) >= 11 is 8.24. The number of aliphatic hydroxyl groups is 1. The Kier molecular flexibility index (Phi) is 6.87. The van der Waals surface area contributed by atoms with Crippen molar-refractivity contribution in [3.05, 3.63) is 35.6 Å². The number of rotatable bonds is 5. The van der Waals surface area contributed by atoms with Crippen LogP contribution in [0.25, 0.3) is 11.2 Å². The SMILES string of the molecule is C[C@@H]1OCC2(CCN(c3cnc4nc(Sc5ccnc(N6CCCC6CO)c5Cl)ccc4n3)CC2)[C@@H]1N. The maximum absolute atomic E-state index is 9.71. The summed E-state index contributed by atoms with van der Waals surface area (Å²) in [5, 5.41) is 11.1. The molecular weight excluding hydrogens is 510 g/mol. The van der Waals surface area contributed by atoms with Crippen LogP contribution in [0.4, 0.5) is 11.6 Å². The molecule has 196 valence electrons. The highest BCUT2D eigenvalue weighted by atomic mass is 35.5. The number of ether oxygens (including phenoxy) is 1. The summed E-state index contributed by atoms with van der Waals surface area (Å²) in [5.74, 6) is 1.59. The second kappa shape index (κ2) is 10.1. The minimum Gasteiger partial charge on any atom is -0.394 e. The number of hydrogen-bond acceptors (Lipinski definition) is 10. The van der Waals surface area contributed by atoms with Crippen LogP contribution in [0, 0.1) is 5.41 Å². The standard InChI is InChI=1S/C26H32ClN7O2S/c1-16-23(28)26(15-36-16)7-11-33(12-8-26)20-13-30-24-18(31-20)4-5-21(32-24)37-19-6-9-29-25(22(19)27)34-10-2-3-17(34)14-35/h4-6,9,13,16-17,23,35H,2-3,7-8,10-12,14-15,28H2,1H3/t16-,17?,23+/m0/s1. The number of halogens is 1. The van der Waals surface area contributed by atoms with E-state index in [-0.39, 0.29) is 30.2 Å². The van der Waals surface area contributed by atoms with E-state index in [2.05, 4.69) is 26.7 Å². The molecule has 6 rings (SSSR count). The van der Waals surface area contributed by atoms with Crippen LogP contribution in [-0.2, 0) is 4.74 Å². The summed E-state index contributed by atoms with van der Waals surface area (Å²) in [5.41, 5.74) is 7.92. The zero-order valence-electron chi connectivity index (χ0n) is 20.9. The van der Waals surface area contributed by atoms with Crippen molar-refractivity contribution >= 4 is 46.2 Å². The van der Waals surface area contributed by atoms with Gasteiger partial charge in [0.25, 0.3) is 0 Å². The van der Waals surface area contributed by atoms with Gasteiger partial charge >= 0.3 is 0 Å². The Morgan fingerprint density at radius 1 is 1.19 bits per heavy atom. The van der Waals surface area contributed by atoms with Crippen LogP contribution in [0.3, 0.4) is 0 Å². The molecule has 3 aliphatic heterocycles. The van der Waals surface area contributed by atoms with Gasteiger partial charge in [-0.1, -0.05) is 23.4 Å². The minimum atomic E-state index is 0.0609. The van der Waals surface area contributed by atoms with Gasteiger partial charge in [-0.05, 0) is 50.8 Å². The fraction of sp³-hybridized carbons (Fsp3) is 0.538. The van der Waals surface area contributed by atoms with Crippen molar-refractivity contribution in [2.75, 3.05) is 42.6 Å². The third kappa shape index (κ3) is 4.63. The number of aliphatic hydroxyl groups excluding tert-OH is 1. The highest BCUT2D eigenvalue weighted by Gasteiger charge is 2.47. The lowest BCUT2D eigenvalue weighted by molar-refractivity contribution is 0.0974. The normalized spacial score (nSPS) is 25.5. The van der Waals surface area contributed by atoms with Gasteiger partial charge < -0.3 is 25.4 Å². The molecule has 0 saturated carbocycles. The zero-order chi connectivity index (χ0) is 25.6. The van der Waals surface area contributed by atoms with Crippen LogP contribution < -0.4 is 15.5 Å². The number of fused-ring (bicyclic) bond motifs is 1. The van der Waals surface area contributed by atoms with E-state index in [4.69, 9.17) is 32.0 Å². The number of nitrogens with two attached hydrogens (primary N) is 1. The predicted octanol–water partition coefficient (Wildman–Crippen LogP) is 3.52. The quantitative estimate of drug-likeness (QED) is 0.497. The lowest BCUT2D eigenvalue weighted by Gasteiger charge is -2.41. The highest BCUT2D eigenvalue weighted by Crippen LogP contribution is 2.42. The molecule has 0 aromatic carbocycles. The summed E-state index contributed by atoms with van der Waals surface area (Å²) in [6.07, 6.45) is 7.66. The first-order valence-electron chi connectivity index (χ1n) is 12.9. The molecule has 0 bridgehead atoms. The van der Waals surface area contributed by atoms with E-state index in [9.17, 15) is 5.11 Å². The molecule has 37 heavy (non-hydrogen) atoms. The van der Waals surface area contributed by atoms with Crippen molar-refractivity contribution in [2.24, 2.45) is 11.1 Å². The van der Waals surface area contributed by atoms with Crippen LogP contribution >= 0.6 is 23.4 Å².